The Hall–Kier alpha value is -4.26. The van der Waals surface area contributed by atoms with E-state index in [1.165, 1.54) is 10.8 Å². The van der Waals surface area contributed by atoms with Crippen LogP contribution in [0.5, 0.6) is 11.5 Å². The molecule has 0 amide bonds. The maximum atomic E-state index is 11.7. The van der Waals surface area contributed by atoms with E-state index in [0.29, 0.717) is 24.5 Å². The van der Waals surface area contributed by atoms with E-state index in [9.17, 15) is 10.2 Å². The van der Waals surface area contributed by atoms with Crippen molar-refractivity contribution in [1.29, 1.82) is 0 Å². The van der Waals surface area contributed by atoms with Gasteiger partial charge in [-0.05, 0) is 91.2 Å². The van der Waals surface area contributed by atoms with E-state index in [2.05, 4.69) is 120 Å². The standard InChI is InChI=1S/C33H36BrN3O2.2C7H7.Zr/c1-22-17-24(32(38)28(34)19-22)13-14-36(16-15-35(3)4)21-25-18-23(2)20-31(33(25)39)37-29-11-7-5-9-26(29)27-10-6-8-12-30(27)37;2*1-7-5-3-2-4-6-7;/h5-12,17-20,38-39H,13-16,21H2,1-4H3;2*2-6H,1H2;/q;2*-1;+4. The molecule has 7 heteroatoms. The fourth-order valence-corrected chi connectivity index (χ4v) is 7.01. The maximum Gasteiger partial charge on any atom is 4.00 e. The van der Waals surface area contributed by atoms with Crippen LogP contribution in [0.25, 0.3) is 27.5 Å². The van der Waals surface area contributed by atoms with Crippen LogP contribution in [0.4, 0.5) is 0 Å². The Labute approximate surface area is 349 Å². The SMILES string of the molecule is Cc1cc(Br)c(O)c(CCN(CCN(C)C)Cc2cc(C)cc(-n3c4ccccc4c4ccccc43)c2O)c1.[CH2-]c1ccccc1.[CH2-]c1ccccc1.[Zr+4]. The average molecular weight is 860 g/mol. The average Bonchev–Trinajstić information content (AvgIpc) is 3.48. The molecule has 0 aliphatic rings. The Morgan fingerprint density at radius 2 is 1.07 bits per heavy atom. The molecule has 0 radical (unpaired) electrons. The summed E-state index contributed by atoms with van der Waals surface area (Å²) in [7, 11) is 4.15. The Morgan fingerprint density at radius 3 is 1.57 bits per heavy atom. The number of benzene rings is 6. The number of rotatable bonds is 9. The zero-order valence-electron chi connectivity index (χ0n) is 31.8. The molecule has 0 spiro atoms. The summed E-state index contributed by atoms with van der Waals surface area (Å²) in [6, 6.07) is 44.6. The molecule has 1 aromatic heterocycles. The van der Waals surface area contributed by atoms with Crippen molar-refractivity contribution >= 4 is 37.7 Å². The van der Waals surface area contributed by atoms with Gasteiger partial charge in [0.15, 0.2) is 0 Å². The van der Waals surface area contributed by atoms with Gasteiger partial charge in [0, 0.05) is 42.5 Å². The first-order valence-corrected chi connectivity index (χ1v) is 18.7. The first-order valence-electron chi connectivity index (χ1n) is 17.9. The third-order valence-corrected chi connectivity index (χ3v) is 9.67. The predicted molar refractivity (Wildman–Crippen MR) is 227 cm³/mol. The van der Waals surface area contributed by atoms with Gasteiger partial charge in [-0.15, -0.1) is 24.3 Å². The molecule has 0 atom stereocenters. The number of aryl methyl sites for hydroxylation is 2. The van der Waals surface area contributed by atoms with Crippen LogP contribution in [0.3, 0.4) is 0 Å². The Morgan fingerprint density at radius 1 is 0.593 bits per heavy atom. The minimum Gasteiger partial charge on any atom is -0.506 e. The van der Waals surface area contributed by atoms with E-state index >= 15 is 0 Å². The second kappa shape index (κ2) is 20.4. The summed E-state index contributed by atoms with van der Waals surface area (Å²) in [5.74, 6) is 0.614. The summed E-state index contributed by atoms with van der Waals surface area (Å²) in [5.41, 5.74) is 9.15. The number of phenolic OH excluding ortho intramolecular Hbond substituents is 2. The van der Waals surface area contributed by atoms with Crippen molar-refractivity contribution in [3.05, 3.63) is 185 Å². The van der Waals surface area contributed by atoms with E-state index < -0.39 is 0 Å². The summed E-state index contributed by atoms with van der Waals surface area (Å²) < 4.78 is 2.91. The van der Waals surface area contributed by atoms with Gasteiger partial charge in [-0.3, -0.25) is 4.90 Å². The molecule has 54 heavy (non-hydrogen) atoms. The third kappa shape index (κ3) is 11.4. The van der Waals surface area contributed by atoms with Crippen molar-refractivity contribution in [3.8, 4) is 17.2 Å². The summed E-state index contributed by atoms with van der Waals surface area (Å²) >= 11 is 3.48. The maximum absolute atomic E-state index is 11.7. The van der Waals surface area contributed by atoms with E-state index in [1.807, 2.05) is 85.8 Å². The van der Waals surface area contributed by atoms with Crippen LogP contribution in [0.1, 0.15) is 33.4 Å². The van der Waals surface area contributed by atoms with Crippen LogP contribution < -0.4 is 0 Å². The molecule has 1 heterocycles. The molecule has 0 bridgehead atoms. The molecule has 0 fully saturated rings. The van der Waals surface area contributed by atoms with Gasteiger partial charge < -0.3 is 19.7 Å². The zero-order valence-corrected chi connectivity index (χ0v) is 35.8. The Balaban J connectivity index is 0.000000361. The first-order chi connectivity index (χ1) is 25.5. The van der Waals surface area contributed by atoms with Gasteiger partial charge in [0.2, 0.25) is 0 Å². The van der Waals surface area contributed by atoms with Crippen LogP contribution in [0, 0.1) is 27.7 Å². The second-order valence-corrected chi connectivity index (χ2v) is 14.6. The first kappa shape index (κ1) is 42.5. The fraction of sp³-hybridized carbons (Fsp3) is 0.191. The van der Waals surface area contributed by atoms with Gasteiger partial charge in [-0.2, -0.15) is 49.2 Å². The molecule has 0 unspecified atom stereocenters. The van der Waals surface area contributed by atoms with Crippen molar-refractivity contribution in [1.82, 2.24) is 14.4 Å². The number of likely N-dealkylation sites (N-methyl/N-ethyl adjacent to an activating group) is 1. The van der Waals surface area contributed by atoms with Crippen LogP contribution in [0.2, 0.25) is 0 Å². The largest absolute Gasteiger partial charge is 4.00 e. The van der Waals surface area contributed by atoms with E-state index in [4.69, 9.17) is 0 Å². The van der Waals surface area contributed by atoms with Crippen molar-refractivity contribution in [3.63, 3.8) is 0 Å². The quantitative estimate of drug-likeness (QED) is 0.142. The van der Waals surface area contributed by atoms with E-state index in [1.54, 1.807) is 0 Å². The molecule has 0 aliphatic heterocycles. The van der Waals surface area contributed by atoms with Crippen LogP contribution in [-0.2, 0) is 39.2 Å². The van der Waals surface area contributed by atoms with Crippen molar-refractivity contribution in [2.45, 2.75) is 26.8 Å². The predicted octanol–water partition coefficient (Wildman–Crippen LogP) is 10.9. The number of para-hydroxylation sites is 2. The number of aromatic nitrogens is 1. The Bertz CT molecular complexity index is 2150. The van der Waals surface area contributed by atoms with Crippen molar-refractivity contribution in [2.75, 3.05) is 33.7 Å². The molecule has 274 valence electrons. The number of nitrogens with zero attached hydrogens (tertiary/aromatic N) is 3. The third-order valence-electron chi connectivity index (χ3n) is 9.06. The molecule has 0 aliphatic carbocycles. The van der Waals surface area contributed by atoms with E-state index in [0.717, 1.165) is 74.2 Å². The summed E-state index contributed by atoms with van der Waals surface area (Å²) in [4.78, 5) is 4.53. The molecular weight excluding hydrogens is 810 g/mol. The summed E-state index contributed by atoms with van der Waals surface area (Å²) in [6.45, 7) is 14.7. The van der Waals surface area contributed by atoms with Gasteiger partial charge in [0.05, 0.1) is 21.2 Å². The van der Waals surface area contributed by atoms with Crippen LogP contribution in [0.15, 0.2) is 138 Å². The number of hydrogen-bond donors (Lipinski definition) is 2. The molecular formula is C47H50BrN3O2Zr+2. The topological polar surface area (TPSA) is 51.9 Å². The minimum absolute atomic E-state index is 0. The normalized spacial score (nSPS) is 10.8. The number of phenols is 2. The molecule has 0 saturated carbocycles. The molecule has 0 saturated heterocycles. The minimum atomic E-state index is 0. The van der Waals surface area contributed by atoms with Crippen molar-refractivity contribution < 1.29 is 36.4 Å². The number of halogens is 1. The molecule has 2 N–H and O–H groups in total. The zero-order chi connectivity index (χ0) is 37.9. The molecule has 5 nitrogen and oxygen atoms in total. The molecule has 7 rings (SSSR count). The number of hydrogen-bond acceptors (Lipinski definition) is 4. The van der Waals surface area contributed by atoms with Crippen molar-refractivity contribution in [2.24, 2.45) is 0 Å². The van der Waals surface area contributed by atoms with Crippen LogP contribution >= 0.6 is 15.9 Å². The Kier molecular flexibility index (Phi) is 16.1. The number of aromatic hydroxyl groups is 2. The van der Waals surface area contributed by atoms with Gasteiger partial charge in [0.25, 0.3) is 0 Å². The van der Waals surface area contributed by atoms with Gasteiger partial charge in [0.1, 0.15) is 11.5 Å². The van der Waals surface area contributed by atoms with Crippen LogP contribution in [-0.4, -0.2) is 58.3 Å². The monoisotopic (exact) mass is 857 g/mol. The second-order valence-electron chi connectivity index (χ2n) is 13.7. The van der Waals surface area contributed by atoms with E-state index in [-0.39, 0.29) is 26.2 Å². The van der Waals surface area contributed by atoms with Gasteiger partial charge in [-0.25, -0.2) is 0 Å². The summed E-state index contributed by atoms with van der Waals surface area (Å²) in [6.07, 6.45) is 0.714. The molecule has 6 aromatic carbocycles. The number of fused-ring (bicyclic) bond motifs is 3. The summed E-state index contributed by atoms with van der Waals surface area (Å²) in [5, 5.41) is 24.7. The van der Waals surface area contributed by atoms with Gasteiger partial charge in [-0.1, -0.05) is 60.7 Å². The van der Waals surface area contributed by atoms with Gasteiger partial charge >= 0.3 is 26.2 Å². The fourth-order valence-electron chi connectivity index (χ4n) is 6.39. The smallest absolute Gasteiger partial charge is 0.506 e. The molecule has 7 aromatic rings.